The Balaban J connectivity index is 1.95. The monoisotopic (exact) mass is 214 g/mol. The number of rotatable bonds is 9. The molecule has 1 N–H and O–H groups in total. The molecule has 0 atom stereocenters. The smallest absolute Gasteiger partial charge is 0.0587 e. The van der Waals surface area contributed by atoms with Crippen molar-refractivity contribution in [2.75, 3.05) is 46.4 Å². The number of hydrogen-bond donors (Lipinski definition) is 1. The highest BCUT2D eigenvalue weighted by Crippen LogP contribution is 2.26. The number of methoxy groups -OCH3 is 1. The first-order valence-electron chi connectivity index (χ1n) is 6.28. The van der Waals surface area contributed by atoms with Gasteiger partial charge in [-0.3, -0.25) is 0 Å². The standard InChI is InChI=1S/C12H26N2O/c1-3-14(11-12-5-4-6-12)9-7-13-8-10-15-2/h12-13H,3-11H2,1-2H3. The Kier molecular flexibility index (Phi) is 6.98. The van der Waals surface area contributed by atoms with E-state index in [9.17, 15) is 0 Å². The molecule has 3 heteroatoms. The average Bonchev–Trinajstić information content (AvgIpc) is 2.19. The second-order valence-electron chi connectivity index (χ2n) is 4.43. The predicted molar refractivity (Wildman–Crippen MR) is 64.2 cm³/mol. The summed E-state index contributed by atoms with van der Waals surface area (Å²) in [6.07, 6.45) is 4.36. The molecule has 0 amide bonds. The molecule has 0 aromatic carbocycles. The van der Waals surface area contributed by atoms with Crippen molar-refractivity contribution < 1.29 is 4.74 Å². The third kappa shape index (κ3) is 5.50. The molecular weight excluding hydrogens is 188 g/mol. The zero-order chi connectivity index (χ0) is 10.9. The lowest BCUT2D eigenvalue weighted by Crippen LogP contribution is -2.37. The van der Waals surface area contributed by atoms with Crippen LogP contribution in [0.5, 0.6) is 0 Å². The SMILES string of the molecule is CCN(CCNCCOC)CC1CCC1. The number of likely N-dealkylation sites (N-methyl/N-ethyl adjacent to an activating group) is 1. The van der Waals surface area contributed by atoms with Gasteiger partial charge in [-0.15, -0.1) is 0 Å². The lowest BCUT2D eigenvalue weighted by molar-refractivity contribution is 0.177. The Morgan fingerprint density at radius 3 is 2.67 bits per heavy atom. The number of hydrogen-bond acceptors (Lipinski definition) is 3. The van der Waals surface area contributed by atoms with Crippen molar-refractivity contribution in [3.63, 3.8) is 0 Å². The maximum atomic E-state index is 4.99. The molecule has 0 heterocycles. The summed E-state index contributed by atoms with van der Waals surface area (Å²) < 4.78 is 4.99. The summed E-state index contributed by atoms with van der Waals surface area (Å²) in [7, 11) is 1.75. The van der Waals surface area contributed by atoms with Crippen LogP contribution < -0.4 is 5.32 Å². The molecule has 0 spiro atoms. The van der Waals surface area contributed by atoms with Crippen LogP contribution in [-0.2, 0) is 4.74 Å². The summed E-state index contributed by atoms with van der Waals surface area (Å²) in [5.74, 6) is 0.990. The van der Waals surface area contributed by atoms with Gasteiger partial charge in [0, 0.05) is 33.3 Å². The summed E-state index contributed by atoms with van der Waals surface area (Å²) in [5.41, 5.74) is 0. The normalized spacial score (nSPS) is 17.0. The first-order chi connectivity index (χ1) is 7.36. The second-order valence-corrected chi connectivity index (χ2v) is 4.43. The van der Waals surface area contributed by atoms with Crippen molar-refractivity contribution in [1.82, 2.24) is 10.2 Å². The molecule has 15 heavy (non-hydrogen) atoms. The highest BCUT2D eigenvalue weighted by molar-refractivity contribution is 4.73. The minimum atomic E-state index is 0.814. The van der Waals surface area contributed by atoms with Crippen LogP contribution in [0.15, 0.2) is 0 Å². The van der Waals surface area contributed by atoms with Crippen LogP contribution in [0, 0.1) is 5.92 Å². The topological polar surface area (TPSA) is 24.5 Å². The molecule has 1 saturated carbocycles. The second kappa shape index (κ2) is 8.08. The zero-order valence-corrected chi connectivity index (χ0v) is 10.3. The molecular formula is C12H26N2O. The van der Waals surface area contributed by atoms with Crippen molar-refractivity contribution in [2.24, 2.45) is 5.92 Å². The Hall–Kier alpha value is -0.120. The Labute approximate surface area is 94.2 Å². The molecule has 1 aliphatic rings. The van der Waals surface area contributed by atoms with E-state index >= 15 is 0 Å². The molecule has 1 fully saturated rings. The molecule has 0 unspecified atom stereocenters. The van der Waals surface area contributed by atoms with Gasteiger partial charge in [-0.1, -0.05) is 13.3 Å². The lowest BCUT2D eigenvalue weighted by Gasteiger charge is -2.31. The third-order valence-corrected chi connectivity index (χ3v) is 3.28. The van der Waals surface area contributed by atoms with Gasteiger partial charge >= 0.3 is 0 Å². The summed E-state index contributed by atoms with van der Waals surface area (Å²) in [6, 6.07) is 0. The van der Waals surface area contributed by atoms with E-state index in [-0.39, 0.29) is 0 Å². The number of ether oxygens (including phenoxy) is 1. The summed E-state index contributed by atoms with van der Waals surface area (Å²) >= 11 is 0. The van der Waals surface area contributed by atoms with Crippen LogP contribution in [0.4, 0.5) is 0 Å². The predicted octanol–water partition coefficient (Wildman–Crippen LogP) is 1.34. The Bertz CT molecular complexity index is 149. The van der Waals surface area contributed by atoms with Crippen molar-refractivity contribution in [1.29, 1.82) is 0 Å². The van der Waals surface area contributed by atoms with E-state index in [0.29, 0.717) is 0 Å². The van der Waals surface area contributed by atoms with Gasteiger partial charge in [-0.05, 0) is 25.3 Å². The molecule has 3 nitrogen and oxygen atoms in total. The lowest BCUT2D eigenvalue weighted by atomic mass is 9.85. The van der Waals surface area contributed by atoms with E-state index < -0.39 is 0 Å². The summed E-state index contributed by atoms with van der Waals surface area (Å²) in [4.78, 5) is 2.56. The largest absolute Gasteiger partial charge is 0.383 e. The van der Waals surface area contributed by atoms with Crippen molar-refractivity contribution in [3.8, 4) is 0 Å². The third-order valence-electron chi connectivity index (χ3n) is 3.28. The molecule has 0 aliphatic heterocycles. The van der Waals surface area contributed by atoms with Gasteiger partial charge in [-0.2, -0.15) is 0 Å². The fraction of sp³-hybridized carbons (Fsp3) is 1.00. The van der Waals surface area contributed by atoms with Gasteiger partial charge in [-0.25, -0.2) is 0 Å². The van der Waals surface area contributed by atoms with Crippen LogP contribution in [-0.4, -0.2) is 51.3 Å². The van der Waals surface area contributed by atoms with Crippen LogP contribution in [0.1, 0.15) is 26.2 Å². The fourth-order valence-electron chi connectivity index (χ4n) is 1.96. The first kappa shape index (κ1) is 12.9. The molecule has 0 bridgehead atoms. The van der Waals surface area contributed by atoms with Gasteiger partial charge in [0.15, 0.2) is 0 Å². The first-order valence-corrected chi connectivity index (χ1v) is 6.28. The van der Waals surface area contributed by atoms with Crippen molar-refractivity contribution in [3.05, 3.63) is 0 Å². The van der Waals surface area contributed by atoms with Gasteiger partial charge < -0.3 is 15.0 Å². The fourth-order valence-corrected chi connectivity index (χ4v) is 1.96. The van der Waals surface area contributed by atoms with E-state index in [1.807, 2.05) is 0 Å². The van der Waals surface area contributed by atoms with E-state index in [1.54, 1.807) is 7.11 Å². The highest BCUT2D eigenvalue weighted by atomic mass is 16.5. The number of nitrogens with zero attached hydrogens (tertiary/aromatic N) is 1. The zero-order valence-electron chi connectivity index (χ0n) is 10.3. The van der Waals surface area contributed by atoms with Crippen LogP contribution >= 0.6 is 0 Å². The van der Waals surface area contributed by atoms with Crippen LogP contribution in [0.3, 0.4) is 0 Å². The summed E-state index contributed by atoms with van der Waals surface area (Å²) in [6.45, 7) is 8.80. The number of nitrogens with one attached hydrogen (secondary N) is 1. The minimum absolute atomic E-state index is 0.814. The van der Waals surface area contributed by atoms with Gasteiger partial charge in [0.1, 0.15) is 0 Å². The van der Waals surface area contributed by atoms with E-state index in [0.717, 1.165) is 25.6 Å². The maximum Gasteiger partial charge on any atom is 0.0587 e. The molecule has 90 valence electrons. The molecule has 0 radical (unpaired) electrons. The van der Waals surface area contributed by atoms with E-state index in [2.05, 4.69) is 17.1 Å². The van der Waals surface area contributed by atoms with Crippen LogP contribution in [0.2, 0.25) is 0 Å². The van der Waals surface area contributed by atoms with Gasteiger partial charge in [0.2, 0.25) is 0 Å². The average molecular weight is 214 g/mol. The molecule has 0 saturated heterocycles. The molecule has 0 aromatic rings. The molecule has 1 aliphatic carbocycles. The van der Waals surface area contributed by atoms with E-state index in [1.165, 1.54) is 38.9 Å². The minimum Gasteiger partial charge on any atom is -0.383 e. The van der Waals surface area contributed by atoms with Crippen molar-refractivity contribution >= 4 is 0 Å². The van der Waals surface area contributed by atoms with Gasteiger partial charge in [0.05, 0.1) is 6.61 Å². The molecule has 1 rings (SSSR count). The van der Waals surface area contributed by atoms with Crippen molar-refractivity contribution in [2.45, 2.75) is 26.2 Å². The van der Waals surface area contributed by atoms with Crippen LogP contribution in [0.25, 0.3) is 0 Å². The van der Waals surface area contributed by atoms with E-state index in [4.69, 9.17) is 4.74 Å². The molecule has 0 aromatic heterocycles. The quantitative estimate of drug-likeness (QED) is 0.586. The Morgan fingerprint density at radius 1 is 1.33 bits per heavy atom. The summed E-state index contributed by atoms with van der Waals surface area (Å²) in [5, 5.41) is 3.39. The maximum absolute atomic E-state index is 4.99. The van der Waals surface area contributed by atoms with Gasteiger partial charge in [0.25, 0.3) is 0 Å². The highest BCUT2D eigenvalue weighted by Gasteiger charge is 2.19. The Morgan fingerprint density at radius 2 is 2.13 bits per heavy atom.